The largest absolute Gasteiger partial charge is 0.450 e. The Labute approximate surface area is 93.6 Å². The highest BCUT2D eigenvalue weighted by molar-refractivity contribution is 6.29. The van der Waals surface area contributed by atoms with Crippen molar-refractivity contribution in [3.63, 3.8) is 0 Å². The van der Waals surface area contributed by atoms with E-state index in [2.05, 4.69) is 10.3 Å². The second-order valence-corrected chi connectivity index (χ2v) is 3.37. The summed E-state index contributed by atoms with van der Waals surface area (Å²) in [6.45, 7) is 2.77. The fourth-order valence-electron chi connectivity index (χ4n) is 0.931. The van der Waals surface area contributed by atoms with Crippen molar-refractivity contribution in [2.75, 3.05) is 6.61 Å². The minimum Gasteiger partial charge on any atom is -0.450 e. The number of aromatic nitrogens is 1. The van der Waals surface area contributed by atoms with Crippen LogP contribution in [-0.2, 0) is 11.3 Å². The van der Waals surface area contributed by atoms with Gasteiger partial charge in [0.25, 0.3) is 0 Å². The first-order valence-corrected chi connectivity index (χ1v) is 5.11. The third kappa shape index (κ3) is 4.65. The van der Waals surface area contributed by atoms with Crippen LogP contribution in [0.2, 0.25) is 5.15 Å². The van der Waals surface area contributed by atoms with Gasteiger partial charge in [0, 0.05) is 12.7 Å². The van der Waals surface area contributed by atoms with Gasteiger partial charge in [0.2, 0.25) is 0 Å². The van der Waals surface area contributed by atoms with Crippen LogP contribution in [0.4, 0.5) is 4.79 Å². The number of nitrogens with zero attached hydrogens (tertiary/aromatic N) is 1. The Balaban J connectivity index is 2.30. The maximum Gasteiger partial charge on any atom is 0.407 e. The molecule has 1 heterocycles. The number of ether oxygens (including phenoxy) is 1. The summed E-state index contributed by atoms with van der Waals surface area (Å²) in [4.78, 5) is 15.0. The molecule has 0 bridgehead atoms. The lowest BCUT2D eigenvalue weighted by molar-refractivity contribution is 0.146. The molecular formula is C10H13ClN2O2. The monoisotopic (exact) mass is 228 g/mol. The van der Waals surface area contributed by atoms with Crippen LogP contribution in [0, 0.1) is 0 Å². The van der Waals surface area contributed by atoms with Gasteiger partial charge in [-0.3, -0.25) is 0 Å². The normalized spacial score (nSPS) is 9.73. The van der Waals surface area contributed by atoms with Gasteiger partial charge in [-0.2, -0.15) is 0 Å². The zero-order valence-electron chi connectivity index (χ0n) is 8.50. The van der Waals surface area contributed by atoms with Gasteiger partial charge in [0.1, 0.15) is 5.15 Å². The average molecular weight is 229 g/mol. The van der Waals surface area contributed by atoms with Gasteiger partial charge in [-0.1, -0.05) is 24.6 Å². The number of hydrogen-bond acceptors (Lipinski definition) is 3. The summed E-state index contributed by atoms with van der Waals surface area (Å²) in [6, 6.07) is 3.48. The molecule has 0 atom stereocenters. The van der Waals surface area contributed by atoms with Crippen LogP contribution < -0.4 is 5.32 Å². The number of nitrogens with one attached hydrogen (secondary N) is 1. The Hall–Kier alpha value is -1.29. The Morgan fingerprint density at radius 2 is 2.40 bits per heavy atom. The summed E-state index contributed by atoms with van der Waals surface area (Å²) >= 11 is 5.62. The smallest absolute Gasteiger partial charge is 0.407 e. The number of pyridine rings is 1. The van der Waals surface area contributed by atoms with Crippen LogP contribution in [0.3, 0.4) is 0 Å². The van der Waals surface area contributed by atoms with Gasteiger partial charge < -0.3 is 10.1 Å². The first-order chi connectivity index (χ1) is 7.22. The second-order valence-electron chi connectivity index (χ2n) is 2.98. The molecular weight excluding hydrogens is 216 g/mol. The van der Waals surface area contributed by atoms with Crippen molar-refractivity contribution in [3.8, 4) is 0 Å². The van der Waals surface area contributed by atoms with Crippen LogP contribution in [0.1, 0.15) is 18.9 Å². The van der Waals surface area contributed by atoms with Gasteiger partial charge in [0.05, 0.1) is 6.61 Å². The molecule has 0 aromatic carbocycles. The molecule has 0 radical (unpaired) electrons. The highest BCUT2D eigenvalue weighted by Gasteiger charge is 2.00. The minimum absolute atomic E-state index is 0.396. The molecule has 1 N–H and O–H groups in total. The van der Waals surface area contributed by atoms with Crippen LogP contribution >= 0.6 is 11.6 Å². The van der Waals surface area contributed by atoms with Gasteiger partial charge in [-0.05, 0) is 18.1 Å². The van der Waals surface area contributed by atoms with E-state index in [1.807, 2.05) is 6.92 Å². The summed E-state index contributed by atoms with van der Waals surface area (Å²) in [6.07, 6.45) is 2.02. The fourth-order valence-corrected chi connectivity index (χ4v) is 1.04. The van der Waals surface area contributed by atoms with Crippen molar-refractivity contribution in [1.29, 1.82) is 0 Å². The summed E-state index contributed by atoms with van der Waals surface area (Å²) in [7, 11) is 0. The van der Waals surface area contributed by atoms with E-state index in [-0.39, 0.29) is 0 Å². The summed E-state index contributed by atoms with van der Waals surface area (Å²) in [5.41, 5.74) is 0.882. The summed E-state index contributed by atoms with van der Waals surface area (Å²) in [5.74, 6) is 0. The molecule has 0 unspecified atom stereocenters. The third-order valence-corrected chi connectivity index (χ3v) is 1.89. The SMILES string of the molecule is CCCOC(=O)NCc1ccc(Cl)nc1. The molecule has 15 heavy (non-hydrogen) atoms. The van der Waals surface area contributed by atoms with Crippen molar-refractivity contribution in [2.45, 2.75) is 19.9 Å². The molecule has 0 saturated heterocycles. The van der Waals surface area contributed by atoms with Crippen molar-refractivity contribution in [2.24, 2.45) is 0 Å². The Bertz CT molecular complexity index is 314. The number of hydrogen-bond donors (Lipinski definition) is 1. The number of alkyl carbamates (subject to hydrolysis) is 1. The van der Waals surface area contributed by atoms with E-state index in [0.717, 1.165) is 12.0 Å². The van der Waals surface area contributed by atoms with Crippen molar-refractivity contribution in [3.05, 3.63) is 29.0 Å². The molecule has 1 aromatic rings. The molecule has 1 rings (SSSR count). The fraction of sp³-hybridized carbons (Fsp3) is 0.400. The first kappa shape index (κ1) is 11.8. The average Bonchev–Trinajstić information content (AvgIpc) is 2.25. The van der Waals surface area contributed by atoms with E-state index in [4.69, 9.17) is 16.3 Å². The number of carbonyl (C=O) groups is 1. The lowest BCUT2D eigenvalue weighted by atomic mass is 10.3. The Morgan fingerprint density at radius 3 is 3.00 bits per heavy atom. The topological polar surface area (TPSA) is 51.2 Å². The van der Waals surface area contributed by atoms with Crippen molar-refractivity contribution >= 4 is 17.7 Å². The van der Waals surface area contributed by atoms with E-state index >= 15 is 0 Å². The number of amides is 1. The standard InChI is InChI=1S/C10H13ClN2O2/c1-2-5-15-10(14)13-7-8-3-4-9(11)12-6-8/h3-4,6H,2,5,7H2,1H3,(H,13,14). The van der Waals surface area contributed by atoms with Gasteiger partial charge in [0.15, 0.2) is 0 Å². The van der Waals surface area contributed by atoms with Crippen molar-refractivity contribution in [1.82, 2.24) is 10.3 Å². The molecule has 0 aliphatic carbocycles. The summed E-state index contributed by atoms with van der Waals surface area (Å²) in [5, 5.41) is 3.05. The predicted octanol–water partition coefficient (Wildman–Crippen LogP) is 2.37. The molecule has 0 spiro atoms. The quantitative estimate of drug-likeness (QED) is 0.805. The van der Waals surface area contributed by atoms with Gasteiger partial charge in [-0.25, -0.2) is 9.78 Å². The van der Waals surface area contributed by atoms with Gasteiger partial charge >= 0.3 is 6.09 Å². The van der Waals surface area contributed by atoms with E-state index in [9.17, 15) is 4.79 Å². The second kappa shape index (κ2) is 6.24. The number of halogens is 1. The summed E-state index contributed by atoms with van der Waals surface area (Å²) < 4.78 is 4.84. The molecule has 4 nitrogen and oxygen atoms in total. The Kier molecular flexibility index (Phi) is 4.90. The van der Waals surface area contributed by atoms with Crippen LogP contribution in [-0.4, -0.2) is 17.7 Å². The number of rotatable bonds is 4. The molecule has 1 aromatic heterocycles. The maximum atomic E-state index is 11.1. The van der Waals surface area contributed by atoms with E-state index < -0.39 is 6.09 Å². The molecule has 0 saturated carbocycles. The highest BCUT2D eigenvalue weighted by atomic mass is 35.5. The molecule has 1 amide bonds. The molecule has 5 heteroatoms. The van der Waals surface area contributed by atoms with Crippen LogP contribution in [0.25, 0.3) is 0 Å². The Morgan fingerprint density at radius 1 is 1.60 bits per heavy atom. The highest BCUT2D eigenvalue weighted by Crippen LogP contribution is 2.04. The van der Waals surface area contributed by atoms with E-state index in [0.29, 0.717) is 18.3 Å². The first-order valence-electron chi connectivity index (χ1n) is 4.73. The lowest BCUT2D eigenvalue weighted by Crippen LogP contribution is -2.24. The molecule has 0 aliphatic heterocycles. The minimum atomic E-state index is -0.410. The van der Waals surface area contributed by atoms with Gasteiger partial charge in [-0.15, -0.1) is 0 Å². The van der Waals surface area contributed by atoms with Crippen LogP contribution in [0.5, 0.6) is 0 Å². The number of carbonyl (C=O) groups excluding carboxylic acids is 1. The zero-order chi connectivity index (χ0) is 11.1. The van der Waals surface area contributed by atoms with E-state index in [1.54, 1.807) is 18.3 Å². The lowest BCUT2D eigenvalue weighted by Gasteiger charge is -2.05. The van der Waals surface area contributed by atoms with Crippen LogP contribution in [0.15, 0.2) is 18.3 Å². The van der Waals surface area contributed by atoms with E-state index in [1.165, 1.54) is 0 Å². The zero-order valence-corrected chi connectivity index (χ0v) is 9.25. The van der Waals surface area contributed by atoms with Crippen molar-refractivity contribution < 1.29 is 9.53 Å². The third-order valence-electron chi connectivity index (χ3n) is 1.66. The molecule has 0 fully saturated rings. The molecule has 0 aliphatic rings. The predicted molar refractivity (Wildman–Crippen MR) is 57.7 cm³/mol. The molecule has 82 valence electrons. The maximum absolute atomic E-state index is 11.1.